The maximum atomic E-state index is 11.9. The van der Waals surface area contributed by atoms with Crippen LogP contribution in [0.2, 0.25) is 0 Å². The predicted molar refractivity (Wildman–Crippen MR) is 128 cm³/mol. The Morgan fingerprint density at radius 3 is 2.15 bits per heavy atom. The molecular formula is C25H29N3O6. The number of nitrogen functional groups attached to an aromatic ring is 1. The van der Waals surface area contributed by atoms with Crippen LogP contribution in [0.4, 0.5) is 5.82 Å². The Morgan fingerprint density at radius 2 is 1.62 bits per heavy atom. The van der Waals surface area contributed by atoms with E-state index in [2.05, 4.69) is 4.98 Å². The number of hydrogen-bond donors (Lipinski definition) is 2. The summed E-state index contributed by atoms with van der Waals surface area (Å²) in [5.41, 5.74) is 5.85. The molecule has 0 radical (unpaired) electrons. The third-order valence-electron chi connectivity index (χ3n) is 4.68. The smallest absolute Gasteiger partial charge is 0.351 e. The first-order chi connectivity index (χ1) is 16.4. The highest BCUT2D eigenvalue weighted by Gasteiger charge is 2.28. The predicted octanol–water partition coefficient (Wildman–Crippen LogP) is 3.77. The van der Waals surface area contributed by atoms with Crippen LogP contribution in [0.25, 0.3) is 0 Å². The molecule has 2 atom stereocenters. The molecule has 3 aromatic rings. The van der Waals surface area contributed by atoms with Crippen molar-refractivity contribution in [2.75, 3.05) is 12.3 Å². The summed E-state index contributed by atoms with van der Waals surface area (Å²) in [5, 5.41) is 8.38. The average Bonchev–Trinajstić information content (AvgIpc) is 3.34. The summed E-state index contributed by atoms with van der Waals surface area (Å²) in [4.78, 5) is 37.6. The lowest BCUT2D eigenvalue weighted by molar-refractivity contribution is -0.0339. The van der Waals surface area contributed by atoms with Gasteiger partial charge in [-0.25, -0.2) is 14.4 Å². The first-order valence-electron chi connectivity index (χ1n) is 10.9. The van der Waals surface area contributed by atoms with Gasteiger partial charge in [-0.3, -0.25) is 4.57 Å². The van der Waals surface area contributed by atoms with E-state index in [1.165, 1.54) is 4.57 Å². The number of hydrogen-bond acceptors (Lipinski definition) is 7. The van der Waals surface area contributed by atoms with Gasteiger partial charge in [-0.2, -0.15) is 4.98 Å². The van der Waals surface area contributed by atoms with Crippen LogP contribution in [0.3, 0.4) is 0 Å². The van der Waals surface area contributed by atoms with Crippen molar-refractivity contribution in [3.8, 4) is 0 Å². The monoisotopic (exact) mass is 467 g/mol. The van der Waals surface area contributed by atoms with E-state index in [1.807, 2.05) is 19.9 Å². The van der Waals surface area contributed by atoms with Gasteiger partial charge in [0, 0.05) is 6.20 Å². The summed E-state index contributed by atoms with van der Waals surface area (Å²) in [5.74, 6) is -1.09. The fourth-order valence-electron chi connectivity index (χ4n) is 3.07. The van der Waals surface area contributed by atoms with Crippen molar-refractivity contribution in [1.29, 1.82) is 0 Å². The number of nitrogens with two attached hydrogens (primary N) is 1. The molecule has 0 bridgehead atoms. The van der Waals surface area contributed by atoms with Crippen LogP contribution >= 0.6 is 0 Å². The fraction of sp³-hybridized carbons (Fsp3) is 0.280. The average molecular weight is 468 g/mol. The molecule has 1 aliphatic rings. The fourth-order valence-corrected chi connectivity index (χ4v) is 3.07. The summed E-state index contributed by atoms with van der Waals surface area (Å²) in [6.07, 6.45) is 2.27. The Balaban J connectivity index is 0.000000311. The summed E-state index contributed by atoms with van der Waals surface area (Å²) < 4.78 is 12.4. The van der Waals surface area contributed by atoms with Crippen molar-refractivity contribution in [2.45, 2.75) is 39.0 Å². The Hall–Kier alpha value is -3.98. The third kappa shape index (κ3) is 7.86. The largest absolute Gasteiger partial charge is 0.478 e. The molecule has 0 aliphatic carbocycles. The Bertz CT molecular complexity index is 1100. The maximum Gasteiger partial charge on any atom is 0.351 e. The Morgan fingerprint density at radius 1 is 1.03 bits per heavy atom. The number of carbonyl (C=O) groups excluding carboxylic acids is 1. The van der Waals surface area contributed by atoms with E-state index in [-0.39, 0.29) is 24.5 Å². The van der Waals surface area contributed by atoms with Crippen LogP contribution in [0.5, 0.6) is 0 Å². The number of anilines is 1. The van der Waals surface area contributed by atoms with Crippen LogP contribution in [0.15, 0.2) is 77.7 Å². The lowest BCUT2D eigenvalue weighted by Gasteiger charge is -2.15. The van der Waals surface area contributed by atoms with Crippen molar-refractivity contribution >= 4 is 17.8 Å². The number of carboxylic acids is 1. The zero-order valence-electron chi connectivity index (χ0n) is 19.2. The molecule has 0 saturated carbocycles. The molecular weight excluding hydrogens is 438 g/mol. The summed E-state index contributed by atoms with van der Waals surface area (Å²) >= 11 is 0. The van der Waals surface area contributed by atoms with E-state index in [4.69, 9.17) is 20.3 Å². The van der Waals surface area contributed by atoms with Gasteiger partial charge in [0.25, 0.3) is 0 Å². The quantitative estimate of drug-likeness (QED) is 0.542. The van der Waals surface area contributed by atoms with Crippen molar-refractivity contribution < 1.29 is 24.2 Å². The van der Waals surface area contributed by atoms with Crippen LogP contribution in [-0.4, -0.2) is 39.3 Å². The van der Waals surface area contributed by atoms with E-state index in [0.29, 0.717) is 24.0 Å². The number of carbonyl (C=O) groups is 2. The lowest BCUT2D eigenvalue weighted by Crippen LogP contribution is -2.28. The van der Waals surface area contributed by atoms with Gasteiger partial charge in [-0.1, -0.05) is 50.2 Å². The molecule has 2 unspecified atom stereocenters. The molecule has 3 N–H and O–H groups in total. The highest BCUT2D eigenvalue weighted by molar-refractivity contribution is 5.89. The first-order valence-corrected chi connectivity index (χ1v) is 10.9. The highest BCUT2D eigenvalue weighted by Crippen LogP contribution is 2.27. The van der Waals surface area contributed by atoms with Gasteiger partial charge in [-0.15, -0.1) is 0 Å². The molecule has 0 amide bonds. The second-order valence-electron chi connectivity index (χ2n) is 6.97. The number of benzene rings is 2. The zero-order chi connectivity index (χ0) is 24.9. The number of carboxylic acid groups (broad SMARTS) is 1. The number of rotatable bonds is 5. The molecule has 1 aromatic heterocycles. The second-order valence-corrected chi connectivity index (χ2v) is 6.97. The minimum absolute atomic E-state index is 0.154. The molecule has 9 nitrogen and oxygen atoms in total. The third-order valence-corrected chi connectivity index (χ3v) is 4.68. The first kappa shape index (κ1) is 26.3. The summed E-state index contributed by atoms with van der Waals surface area (Å²) in [6, 6.07) is 18.6. The number of aromatic carboxylic acids is 1. The van der Waals surface area contributed by atoms with E-state index < -0.39 is 17.9 Å². The summed E-state index contributed by atoms with van der Waals surface area (Å²) in [6.45, 7) is 4.15. The molecule has 1 fully saturated rings. The summed E-state index contributed by atoms with van der Waals surface area (Å²) in [7, 11) is 0. The van der Waals surface area contributed by atoms with Gasteiger partial charge >= 0.3 is 17.6 Å². The standard InChI is InChI=1S/C16H17N3O4.C7H6O2.C2H6/c17-13-8-9-19(16(21)18-13)14-7-6-12(23-14)10-22-15(20)11-4-2-1-3-5-11;8-7(9)6-4-2-1-3-5-6;1-2/h1-5,8-9,12,14H,6-7,10H2,(H2,17,18,21);1-5H,(H,8,9);1-2H3. The Kier molecular flexibility index (Phi) is 10.5. The van der Waals surface area contributed by atoms with Gasteiger partial charge in [-0.05, 0) is 43.2 Å². The second kappa shape index (κ2) is 13.5. The number of ether oxygens (including phenoxy) is 2. The topological polar surface area (TPSA) is 134 Å². The molecule has 2 heterocycles. The van der Waals surface area contributed by atoms with Crippen molar-refractivity contribution in [2.24, 2.45) is 0 Å². The van der Waals surface area contributed by atoms with Crippen molar-refractivity contribution in [3.05, 3.63) is 94.5 Å². The molecule has 1 saturated heterocycles. The highest BCUT2D eigenvalue weighted by atomic mass is 16.6. The number of esters is 1. The molecule has 1 aliphatic heterocycles. The number of nitrogens with zero attached hydrogens (tertiary/aromatic N) is 2. The molecule has 34 heavy (non-hydrogen) atoms. The minimum Gasteiger partial charge on any atom is -0.478 e. The normalized spacial score (nSPS) is 16.3. The van der Waals surface area contributed by atoms with Gasteiger partial charge in [0.2, 0.25) is 0 Å². The molecule has 9 heteroatoms. The maximum absolute atomic E-state index is 11.9. The zero-order valence-corrected chi connectivity index (χ0v) is 19.2. The lowest BCUT2D eigenvalue weighted by atomic mass is 10.2. The Labute approximate surface area is 197 Å². The van der Waals surface area contributed by atoms with Crippen LogP contribution in [0.1, 0.15) is 53.6 Å². The van der Waals surface area contributed by atoms with Gasteiger partial charge in [0.1, 0.15) is 18.7 Å². The molecule has 2 aromatic carbocycles. The van der Waals surface area contributed by atoms with E-state index >= 15 is 0 Å². The number of aromatic nitrogens is 2. The van der Waals surface area contributed by atoms with Crippen LogP contribution < -0.4 is 11.4 Å². The van der Waals surface area contributed by atoms with E-state index in [0.717, 1.165) is 0 Å². The van der Waals surface area contributed by atoms with Crippen LogP contribution in [-0.2, 0) is 9.47 Å². The van der Waals surface area contributed by atoms with Crippen LogP contribution in [0, 0.1) is 0 Å². The van der Waals surface area contributed by atoms with Crippen molar-refractivity contribution in [3.63, 3.8) is 0 Å². The minimum atomic E-state index is -0.879. The molecule has 180 valence electrons. The molecule has 4 rings (SSSR count). The van der Waals surface area contributed by atoms with E-state index in [1.54, 1.807) is 66.9 Å². The SMILES string of the molecule is CC.Nc1ccn(C2CCC(COC(=O)c3ccccc3)O2)c(=O)n1.O=C(O)c1ccccc1. The van der Waals surface area contributed by atoms with Gasteiger partial charge in [0.05, 0.1) is 17.2 Å². The van der Waals surface area contributed by atoms with Gasteiger partial charge in [0.15, 0.2) is 0 Å². The van der Waals surface area contributed by atoms with Crippen molar-refractivity contribution in [1.82, 2.24) is 9.55 Å². The van der Waals surface area contributed by atoms with Gasteiger partial charge < -0.3 is 20.3 Å². The molecule has 0 spiro atoms. The van der Waals surface area contributed by atoms with E-state index in [9.17, 15) is 14.4 Å².